The number of rotatable bonds is 8. The van der Waals surface area contributed by atoms with E-state index in [9.17, 15) is 0 Å². The maximum absolute atomic E-state index is 5.21. The van der Waals surface area contributed by atoms with E-state index in [-0.39, 0.29) is 0 Å². The van der Waals surface area contributed by atoms with Gasteiger partial charge in [0.1, 0.15) is 0 Å². The van der Waals surface area contributed by atoms with Crippen LogP contribution in [0.3, 0.4) is 0 Å². The van der Waals surface area contributed by atoms with Crippen LogP contribution in [0, 0.1) is 0 Å². The van der Waals surface area contributed by atoms with Crippen molar-refractivity contribution in [2.24, 2.45) is 0 Å². The number of hydrogen-bond donors (Lipinski definition) is 1. The molecule has 0 bridgehead atoms. The molecule has 1 aromatic heterocycles. The quantitative estimate of drug-likeness (QED) is 0.783. The van der Waals surface area contributed by atoms with E-state index in [1.165, 1.54) is 28.5 Å². The van der Waals surface area contributed by atoms with Gasteiger partial charge in [-0.15, -0.1) is 11.3 Å². The first-order valence-electron chi connectivity index (χ1n) is 6.68. The molecule has 0 aliphatic heterocycles. The van der Waals surface area contributed by atoms with Gasteiger partial charge in [-0.25, -0.2) is 4.98 Å². The smallest absolute Gasteiger partial charge is 0.186 e. The number of nitrogens with one attached hydrogen (secondary N) is 1. The highest BCUT2D eigenvalue weighted by Gasteiger charge is 2.31. The van der Waals surface area contributed by atoms with Crippen LogP contribution in [0.5, 0.6) is 0 Å². The molecule has 0 saturated heterocycles. The van der Waals surface area contributed by atoms with Crippen molar-refractivity contribution in [2.45, 2.75) is 38.8 Å². The molecule has 1 N–H and O–H groups in total. The van der Waals surface area contributed by atoms with Crippen molar-refractivity contribution in [2.75, 3.05) is 32.2 Å². The minimum absolute atomic E-state index is 0.693. The Bertz CT molecular complexity index is 376. The molecule has 0 spiro atoms. The lowest BCUT2D eigenvalue weighted by molar-refractivity contribution is 0.205. The summed E-state index contributed by atoms with van der Waals surface area (Å²) >= 11 is 1.83. The summed E-state index contributed by atoms with van der Waals surface area (Å²) in [5.41, 5.74) is 1.24. The highest BCUT2D eigenvalue weighted by atomic mass is 32.1. The van der Waals surface area contributed by atoms with Gasteiger partial charge in [-0.1, -0.05) is 6.92 Å². The predicted octanol–water partition coefficient (Wildman–Crippen LogP) is 2.04. The number of nitrogens with zero attached hydrogens (tertiary/aromatic N) is 2. The summed E-state index contributed by atoms with van der Waals surface area (Å²) in [5.74, 6) is 0. The first-order chi connectivity index (χ1) is 8.80. The molecule has 1 aliphatic carbocycles. The largest absolute Gasteiger partial charge is 0.383 e. The molecule has 1 aliphatic rings. The van der Waals surface area contributed by atoms with E-state index in [1.54, 1.807) is 7.11 Å². The molecule has 1 fully saturated rings. The first-order valence-corrected chi connectivity index (χ1v) is 7.50. The maximum atomic E-state index is 5.21. The number of anilines is 1. The molecule has 1 aromatic rings. The Balaban J connectivity index is 2.13. The van der Waals surface area contributed by atoms with Crippen LogP contribution in [0.15, 0.2) is 0 Å². The number of aryl methyl sites for hydroxylation is 1. The Labute approximate surface area is 113 Å². The summed E-state index contributed by atoms with van der Waals surface area (Å²) in [6, 6.07) is 0.693. The van der Waals surface area contributed by atoms with Crippen LogP contribution < -0.4 is 10.2 Å². The first kappa shape index (κ1) is 13.8. The molecule has 1 heterocycles. The number of thiazole rings is 1. The summed E-state index contributed by atoms with van der Waals surface area (Å²) in [6.07, 6.45) is 3.61. The van der Waals surface area contributed by atoms with Gasteiger partial charge >= 0.3 is 0 Å². The predicted molar refractivity (Wildman–Crippen MR) is 76.5 cm³/mol. The van der Waals surface area contributed by atoms with Crippen molar-refractivity contribution in [1.29, 1.82) is 0 Å². The van der Waals surface area contributed by atoms with Crippen LogP contribution in [-0.2, 0) is 17.7 Å². The molecule has 4 nitrogen and oxygen atoms in total. The zero-order chi connectivity index (χ0) is 13.0. The van der Waals surface area contributed by atoms with E-state index in [1.807, 2.05) is 18.4 Å². The van der Waals surface area contributed by atoms with Gasteiger partial charge in [0, 0.05) is 31.1 Å². The van der Waals surface area contributed by atoms with Crippen LogP contribution in [0.25, 0.3) is 0 Å². The van der Waals surface area contributed by atoms with Gasteiger partial charge < -0.3 is 15.0 Å². The summed E-state index contributed by atoms with van der Waals surface area (Å²) in [4.78, 5) is 8.61. The van der Waals surface area contributed by atoms with Crippen molar-refractivity contribution in [3.05, 3.63) is 10.6 Å². The van der Waals surface area contributed by atoms with Gasteiger partial charge in [-0.05, 0) is 26.3 Å². The molecule has 18 heavy (non-hydrogen) atoms. The number of methoxy groups -OCH3 is 1. The van der Waals surface area contributed by atoms with Crippen LogP contribution in [-0.4, -0.2) is 38.3 Å². The molecule has 0 amide bonds. The van der Waals surface area contributed by atoms with Gasteiger partial charge in [0.2, 0.25) is 0 Å². The molecular weight excluding hydrogens is 246 g/mol. The third kappa shape index (κ3) is 3.22. The van der Waals surface area contributed by atoms with E-state index < -0.39 is 0 Å². The van der Waals surface area contributed by atoms with Crippen LogP contribution >= 0.6 is 11.3 Å². The molecule has 1 saturated carbocycles. The van der Waals surface area contributed by atoms with Crippen molar-refractivity contribution in [1.82, 2.24) is 10.3 Å². The highest BCUT2D eigenvalue weighted by Crippen LogP contribution is 2.35. The maximum Gasteiger partial charge on any atom is 0.186 e. The Kier molecular flexibility index (Phi) is 4.97. The summed E-state index contributed by atoms with van der Waals surface area (Å²) in [6.45, 7) is 4.83. The van der Waals surface area contributed by atoms with Gasteiger partial charge in [0.25, 0.3) is 0 Å². The van der Waals surface area contributed by atoms with Gasteiger partial charge in [-0.3, -0.25) is 0 Å². The van der Waals surface area contributed by atoms with E-state index in [0.29, 0.717) is 6.04 Å². The lowest BCUT2D eigenvalue weighted by Crippen LogP contribution is -2.29. The third-order valence-corrected chi connectivity index (χ3v) is 4.34. The third-order valence-electron chi connectivity index (χ3n) is 3.21. The molecule has 0 radical (unpaired) electrons. The van der Waals surface area contributed by atoms with E-state index in [4.69, 9.17) is 9.72 Å². The minimum Gasteiger partial charge on any atom is -0.383 e. The molecule has 5 heteroatoms. The molecular formula is C13H23N3OS. The molecule has 0 atom stereocenters. The van der Waals surface area contributed by atoms with Crippen LogP contribution in [0.1, 0.15) is 30.3 Å². The lowest BCUT2D eigenvalue weighted by atomic mass is 10.3. The topological polar surface area (TPSA) is 37.4 Å². The Hall–Kier alpha value is -0.650. The van der Waals surface area contributed by atoms with E-state index in [2.05, 4.69) is 17.1 Å². The summed E-state index contributed by atoms with van der Waals surface area (Å²) in [7, 11) is 3.75. The second-order valence-electron chi connectivity index (χ2n) is 4.67. The molecule has 0 aromatic carbocycles. The Morgan fingerprint density at radius 3 is 2.83 bits per heavy atom. The second-order valence-corrected chi connectivity index (χ2v) is 5.73. The minimum atomic E-state index is 0.693. The van der Waals surface area contributed by atoms with Crippen LogP contribution in [0.2, 0.25) is 0 Å². The van der Waals surface area contributed by atoms with Gasteiger partial charge in [0.15, 0.2) is 5.13 Å². The van der Waals surface area contributed by atoms with Crippen LogP contribution in [0.4, 0.5) is 5.13 Å². The number of aromatic nitrogens is 1. The highest BCUT2D eigenvalue weighted by molar-refractivity contribution is 7.15. The monoisotopic (exact) mass is 269 g/mol. The zero-order valence-corrected chi connectivity index (χ0v) is 12.3. The average Bonchev–Trinajstić information content (AvgIpc) is 3.12. The van der Waals surface area contributed by atoms with Crippen molar-refractivity contribution < 1.29 is 4.74 Å². The molecule has 102 valence electrons. The summed E-state index contributed by atoms with van der Waals surface area (Å²) < 4.78 is 5.21. The number of ether oxygens (including phenoxy) is 1. The second kappa shape index (κ2) is 6.50. The number of hydrogen-bond acceptors (Lipinski definition) is 5. The van der Waals surface area contributed by atoms with Crippen molar-refractivity contribution >= 4 is 16.5 Å². The van der Waals surface area contributed by atoms with Crippen molar-refractivity contribution in [3.8, 4) is 0 Å². The molecule has 0 unspecified atom stereocenters. The normalized spacial score (nSPS) is 15.1. The standard InChI is InChI=1S/C13H23N3OS/c1-4-11-12(9-14-2)18-13(15-11)16(7-8-17-3)10-5-6-10/h10,14H,4-9H2,1-3H3. The lowest BCUT2D eigenvalue weighted by Gasteiger charge is -2.20. The van der Waals surface area contributed by atoms with E-state index in [0.717, 1.165) is 26.1 Å². The fourth-order valence-corrected chi connectivity index (χ4v) is 3.34. The van der Waals surface area contributed by atoms with Gasteiger partial charge in [-0.2, -0.15) is 0 Å². The zero-order valence-electron chi connectivity index (χ0n) is 11.5. The fourth-order valence-electron chi connectivity index (χ4n) is 2.08. The SMILES string of the molecule is CCc1nc(N(CCOC)C2CC2)sc1CNC. The van der Waals surface area contributed by atoms with Crippen molar-refractivity contribution in [3.63, 3.8) is 0 Å². The average molecular weight is 269 g/mol. The molecule has 2 rings (SSSR count). The summed E-state index contributed by atoms with van der Waals surface area (Å²) in [5, 5.41) is 4.40. The van der Waals surface area contributed by atoms with E-state index >= 15 is 0 Å². The van der Waals surface area contributed by atoms with Gasteiger partial charge in [0.05, 0.1) is 12.3 Å². The Morgan fingerprint density at radius 1 is 1.50 bits per heavy atom. The Morgan fingerprint density at radius 2 is 2.28 bits per heavy atom. The fraction of sp³-hybridized carbons (Fsp3) is 0.769.